The van der Waals surface area contributed by atoms with Gasteiger partial charge < -0.3 is 9.64 Å². The van der Waals surface area contributed by atoms with Gasteiger partial charge in [-0.1, -0.05) is 26.7 Å². The molecule has 2 aliphatic heterocycles. The molecule has 4 amide bonds. The van der Waals surface area contributed by atoms with Crippen molar-refractivity contribution in [3.8, 4) is 5.75 Å². The second-order valence-corrected chi connectivity index (χ2v) is 9.17. The quantitative estimate of drug-likeness (QED) is 0.331. The number of nitro benzene ring substituents is 1. The van der Waals surface area contributed by atoms with Gasteiger partial charge in [0.2, 0.25) is 5.91 Å². The summed E-state index contributed by atoms with van der Waals surface area (Å²) in [6.07, 6.45) is 2.89. The molecule has 2 aromatic carbocycles. The zero-order chi connectivity index (χ0) is 26.0. The normalized spacial score (nSPS) is 21.4. The fourth-order valence-corrected chi connectivity index (χ4v) is 5.31. The third kappa shape index (κ3) is 4.06. The first-order chi connectivity index (χ1) is 17.3. The Morgan fingerprint density at radius 3 is 2.44 bits per heavy atom. The first-order valence-corrected chi connectivity index (χ1v) is 12.2. The number of nitrogens with zero attached hydrogens (tertiary/aromatic N) is 3. The van der Waals surface area contributed by atoms with Crippen molar-refractivity contribution in [1.82, 2.24) is 5.32 Å². The number of rotatable bonds is 8. The number of non-ortho nitro benzene ring substituents is 1. The lowest BCUT2D eigenvalue weighted by Gasteiger charge is -2.52. The highest BCUT2D eigenvalue weighted by atomic mass is 16.6. The highest BCUT2D eigenvalue weighted by Gasteiger charge is 2.62. The highest BCUT2D eigenvalue weighted by Crippen LogP contribution is 2.47. The molecular formula is C26H30N4O6. The Balaban J connectivity index is 1.89. The number of nitrogens with one attached hydrogen (secondary N) is 1. The lowest BCUT2D eigenvalue weighted by molar-refractivity contribution is -0.384. The topological polar surface area (TPSA) is 122 Å². The number of fused-ring (bicyclic) bond motifs is 1. The first kappa shape index (κ1) is 25.2. The van der Waals surface area contributed by atoms with Crippen molar-refractivity contribution in [1.29, 1.82) is 0 Å². The summed E-state index contributed by atoms with van der Waals surface area (Å²) in [6.45, 7) is 4.60. The molecule has 10 nitrogen and oxygen atoms in total. The molecule has 2 atom stereocenters. The molecule has 10 heteroatoms. The molecule has 4 rings (SSSR count). The van der Waals surface area contributed by atoms with Crippen LogP contribution in [-0.2, 0) is 16.0 Å². The Labute approximate surface area is 209 Å². The standard InChI is InChI=1S/C26H30N4O6/c1-4-6-14-28-21-13-10-19(30(34)35)15-17(21)16-26(22(28)7-5-2)23(31)27-25(33)29(24(26)32)18-8-11-20(36-3)12-9-18/h8-13,15,22H,4-7,14,16H2,1-3H3,(H,27,31,33)/t22-,26-/m1/s1. The number of hydrogen-bond acceptors (Lipinski definition) is 7. The molecule has 0 saturated carbocycles. The van der Waals surface area contributed by atoms with Crippen LogP contribution in [0, 0.1) is 15.5 Å². The average molecular weight is 495 g/mol. The number of benzene rings is 2. The molecule has 0 aromatic heterocycles. The first-order valence-electron chi connectivity index (χ1n) is 12.2. The van der Waals surface area contributed by atoms with E-state index in [1.165, 1.54) is 19.2 Å². The van der Waals surface area contributed by atoms with Gasteiger partial charge in [-0.25, -0.2) is 9.69 Å². The predicted octanol–water partition coefficient (Wildman–Crippen LogP) is 4.20. The second-order valence-electron chi connectivity index (χ2n) is 9.17. The number of carbonyl (C=O) groups excluding carboxylic acids is 3. The van der Waals surface area contributed by atoms with Crippen molar-refractivity contribution in [2.75, 3.05) is 23.5 Å². The van der Waals surface area contributed by atoms with Crippen molar-refractivity contribution < 1.29 is 24.0 Å². The summed E-state index contributed by atoms with van der Waals surface area (Å²) in [6, 6.07) is 9.70. The molecule has 190 valence electrons. The van der Waals surface area contributed by atoms with Gasteiger partial charge in [0.1, 0.15) is 5.75 Å². The van der Waals surface area contributed by atoms with Gasteiger partial charge in [0.15, 0.2) is 5.41 Å². The van der Waals surface area contributed by atoms with Crippen molar-refractivity contribution >= 4 is 34.9 Å². The maximum Gasteiger partial charge on any atom is 0.335 e. The maximum absolute atomic E-state index is 14.3. The number of carbonyl (C=O) groups is 3. The number of methoxy groups -OCH3 is 1. The van der Waals surface area contributed by atoms with Gasteiger partial charge in [-0.3, -0.25) is 25.0 Å². The SMILES string of the molecule is CCCCN1c2ccc([N+](=O)[O-])cc2C[C@]2(C(=O)NC(=O)N(c3ccc(OC)cc3)C2=O)[C@H]1CCC. The summed E-state index contributed by atoms with van der Waals surface area (Å²) in [5.41, 5.74) is -0.1000. The van der Waals surface area contributed by atoms with Crippen LogP contribution in [-0.4, -0.2) is 42.5 Å². The van der Waals surface area contributed by atoms with E-state index in [4.69, 9.17) is 4.74 Å². The van der Waals surface area contributed by atoms with Gasteiger partial charge >= 0.3 is 6.03 Å². The van der Waals surface area contributed by atoms with Crippen LogP contribution >= 0.6 is 0 Å². The monoisotopic (exact) mass is 494 g/mol. The van der Waals surface area contributed by atoms with E-state index >= 15 is 0 Å². The van der Waals surface area contributed by atoms with Crippen molar-refractivity contribution in [3.05, 3.63) is 58.1 Å². The summed E-state index contributed by atoms with van der Waals surface area (Å²) < 4.78 is 5.19. The Hall–Kier alpha value is -3.95. The minimum Gasteiger partial charge on any atom is -0.497 e. The van der Waals surface area contributed by atoms with E-state index in [1.54, 1.807) is 30.3 Å². The van der Waals surface area contributed by atoms with Crippen LogP contribution < -0.4 is 19.9 Å². The summed E-state index contributed by atoms with van der Waals surface area (Å²) in [5.74, 6) is -0.735. The molecule has 0 aliphatic carbocycles. The van der Waals surface area contributed by atoms with Crippen LogP contribution in [0.4, 0.5) is 21.9 Å². The van der Waals surface area contributed by atoms with Gasteiger partial charge in [-0.05, 0) is 48.7 Å². The maximum atomic E-state index is 14.3. The third-order valence-corrected chi connectivity index (χ3v) is 7.06. The molecule has 1 spiro atoms. The number of unbranched alkanes of at least 4 members (excludes halogenated alkanes) is 1. The highest BCUT2D eigenvalue weighted by molar-refractivity contribution is 6.30. The molecule has 36 heavy (non-hydrogen) atoms. The van der Waals surface area contributed by atoms with Gasteiger partial charge in [0.05, 0.1) is 23.8 Å². The van der Waals surface area contributed by atoms with E-state index in [1.807, 2.05) is 18.7 Å². The van der Waals surface area contributed by atoms with E-state index in [9.17, 15) is 24.5 Å². The van der Waals surface area contributed by atoms with E-state index in [-0.39, 0.29) is 12.1 Å². The lowest BCUT2D eigenvalue weighted by atomic mass is 9.67. The van der Waals surface area contributed by atoms with Gasteiger partial charge in [-0.15, -0.1) is 0 Å². The Morgan fingerprint density at radius 1 is 1.11 bits per heavy atom. The van der Waals surface area contributed by atoms with Crippen LogP contribution in [0.3, 0.4) is 0 Å². The number of hydrogen-bond donors (Lipinski definition) is 1. The molecule has 1 fully saturated rings. The number of nitro groups is 1. The molecule has 2 aliphatic rings. The van der Waals surface area contributed by atoms with E-state index in [2.05, 4.69) is 5.32 Å². The van der Waals surface area contributed by atoms with E-state index in [0.717, 1.165) is 23.4 Å². The summed E-state index contributed by atoms with van der Waals surface area (Å²) in [7, 11) is 1.51. The van der Waals surface area contributed by atoms with Crippen LogP contribution in [0.2, 0.25) is 0 Å². The number of anilines is 2. The molecule has 2 aromatic rings. The van der Waals surface area contributed by atoms with Crippen LogP contribution in [0.1, 0.15) is 45.1 Å². The van der Waals surface area contributed by atoms with E-state index in [0.29, 0.717) is 36.4 Å². The van der Waals surface area contributed by atoms with Crippen molar-refractivity contribution in [3.63, 3.8) is 0 Å². The number of ether oxygens (including phenoxy) is 1. The summed E-state index contributed by atoms with van der Waals surface area (Å²) >= 11 is 0. The Kier molecular flexibility index (Phi) is 6.96. The van der Waals surface area contributed by atoms with Crippen molar-refractivity contribution in [2.24, 2.45) is 5.41 Å². The largest absolute Gasteiger partial charge is 0.497 e. The van der Waals surface area contributed by atoms with Gasteiger partial charge in [0, 0.05) is 30.8 Å². The minimum absolute atomic E-state index is 0.0398. The molecule has 0 radical (unpaired) electrons. The Morgan fingerprint density at radius 2 is 1.83 bits per heavy atom. The van der Waals surface area contributed by atoms with Crippen LogP contribution in [0.25, 0.3) is 0 Å². The summed E-state index contributed by atoms with van der Waals surface area (Å²) in [5, 5.41) is 13.9. The minimum atomic E-state index is -1.63. The Bertz CT molecular complexity index is 1200. The smallest absolute Gasteiger partial charge is 0.335 e. The fourth-order valence-electron chi connectivity index (χ4n) is 5.31. The van der Waals surface area contributed by atoms with Crippen LogP contribution in [0.5, 0.6) is 5.75 Å². The molecule has 0 bridgehead atoms. The van der Waals surface area contributed by atoms with E-state index < -0.39 is 34.2 Å². The number of amides is 4. The number of barbiturate groups is 1. The zero-order valence-electron chi connectivity index (χ0n) is 20.7. The zero-order valence-corrected chi connectivity index (χ0v) is 20.7. The third-order valence-electron chi connectivity index (χ3n) is 7.06. The fraction of sp³-hybridized carbons (Fsp3) is 0.423. The average Bonchev–Trinajstić information content (AvgIpc) is 2.87. The van der Waals surface area contributed by atoms with Gasteiger partial charge in [-0.2, -0.15) is 0 Å². The molecular weight excluding hydrogens is 464 g/mol. The predicted molar refractivity (Wildman–Crippen MR) is 134 cm³/mol. The van der Waals surface area contributed by atoms with Gasteiger partial charge in [0.25, 0.3) is 11.6 Å². The number of imide groups is 2. The number of urea groups is 1. The molecule has 1 saturated heterocycles. The molecule has 1 N–H and O–H groups in total. The van der Waals surface area contributed by atoms with Crippen LogP contribution in [0.15, 0.2) is 42.5 Å². The van der Waals surface area contributed by atoms with Crippen molar-refractivity contribution in [2.45, 2.75) is 52.0 Å². The summed E-state index contributed by atoms with van der Waals surface area (Å²) in [4.78, 5) is 54.9. The molecule has 2 heterocycles. The lowest BCUT2D eigenvalue weighted by Crippen LogP contribution is -2.72. The molecule has 0 unspecified atom stereocenters. The second kappa shape index (κ2) is 9.96.